The number of aromatic nitrogens is 2. The number of hydrogen-bond acceptors (Lipinski definition) is 7. The van der Waals surface area contributed by atoms with Crippen LogP contribution in [0.1, 0.15) is 36.8 Å². The van der Waals surface area contributed by atoms with Crippen LogP contribution in [0.2, 0.25) is 0 Å². The Balaban J connectivity index is 1.45. The van der Waals surface area contributed by atoms with Gasteiger partial charge in [0.15, 0.2) is 5.76 Å². The first-order valence-corrected chi connectivity index (χ1v) is 11.8. The summed E-state index contributed by atoms with van der Waals surface area (Å²) in [6, 6.07) is 17.2. The molecule has 190 valence electrons. The smallest absolute Gasteiger partial charge is 0.412 e. The van der Waals surface area contributed by atoms with Crippen molar-refractivity contribution in [2.75, 3.05) is 11.9 Å². The van der Waals surface area contributed by atoms with E-state index in [1.54, 1.807) is 45.2 Å². The Bertz CT molecular complexity index is 1380. The van der Waals surface area contributed by atoms with Crippen LogP contribution >= 0.6 is 0 Å². The second-order valence-corrected chi connectivity index (χ2v) is 8.27. The van der Waals surface area contributed by atoms with E-state index >= 15 is 0 Å². The molecule has 1 N–H and O–H groups in total. The number of benzene rings is 2. The number of ether oxygens (including phenoxy) is 2. The van der Waals surface area contributed by atoms with Crippen LogP contribution in [0.25, 0.3) is 22.5 Å². The van der Waals surface area contributed by atoms with Gasteiger partial charge >= 0.3 is 12.1 Å². The van der Waals surface area contributed by atoms with E-state index in [1.807, 2.05) is 36.4 Å². The van der Waals surface area contributed by atoms with Gasteiger partial charge in [-0.2, -0.15) is 0 Å². The predicted molar refractivity (Wildman–Crippen MR) is 135 cm³/mol. The third-order valence-corrected chi connectivity index (χ3v) is 5.66. The van der Waals surface area contributed by atoms with Gasteiger partial charge in [0.2, 0.25) is 0 Å². The predicted octanol–water partition coefficient (Wildman–Crippen LogP) is 6.27. The van der Waals surface area contributed by atoms with E-state index in [9.17, 15) is 14.0 Å². The molecular formula is C28H26FN3O5. The molecule has 1 amide bonds. The Labute approximate surface area is 213 Å². The van der Waals surface area contributed by atoms with Crippen LogP contribution in [0, 0.1) is 12.7 Å². The van der Waals surface area contributed by atoms with Crippen LogP contribution in [0.3, 0.4) is 0 Å². The maximum absolute atomic E-state index is 14.0. The number of carbonyl (C=O) groups excluding carboxylic acids is 2. The van der Waals surface area contributed by atoms with E-state index in [4.69, 9.17) is 14.0 Å². The normalized spacial score (nSPS) is 11.6. The lowest BCUT2D eigenvalue weighted by molar-refractivity contribution is -0.142. The van der Waals surface area contributed by atoms with E-state index in [0.29, 0.717) is 29.3 Å². The summed E-state index contributed by atoms with van der Waals surface area (Å²) >= 11 is 0. The standard InChI is InChI=1S/C28H26FN3O5/c1-4-35-25(33)15-19-9-11-20(12-10-19)24-14-13-21(16-30-24)27-26(18(3)37-32-27)31-28(34)36-17(2)22-7-5-6-8-23(22)29/h5-14,16-17H,4,15H2,1-3H3,(H,31,34). The summed E-state index contributed by atoms with van der Waals surface area (Å²) in [6.07, 6.45) is 0.270. The molecule has 0 bridgehead atoms. The number of nitrogens with zero attached hydrogens (tertiary/aromatic N) is 2. The number of pyridine rings is 1. The van der Waals surface area contributed by atoms with Crippen LogP contribution in [0.4, 0.5) is 14.9 Å². The van der Waals surface area contributed by atoms with Crippen molar-refractivity contribution in [1.29, 1.82) is 0 Å². The molecule has 2 aromatic heterocycles. The molecule has 0 aliphatic heterocycles. The first kappa shape index (κ1) is 25.6. The number of anilines is 1. The molecule has 1 unspecified atom stereocenters. The van der Waals surface area contributed by atoms with Crippen molar-refractivity contribution in [3.8, 4) is 22.5 Å². The Morgan fingerprint density at radius 1 is 1.05 bits per heavy atom. The van der Waals surface area contributed by atoms with Crippen molar-refractivity contribution in [3.63, 3.8) is 0 Å². The molecule has 9 heteroatoms. The number of carbonyl (C=O) groups is 2. The zero-order chi connectivity index (χ0) is 26.4. The van der Waals surface area contributed by atoms with Gasteiger partial charge in [0.1, 0.15) is 23.3 Å². The fourth-order valence-corrected chi connectivity index (χ4v) is 3.75. The van der Waals surface area contributed by atoms with Crippen molar-refractivity contribution in [3.05, 3.63) is 89.6 Å². The highest BCUT2D eigenvalue weighted by molar-refractivity contribution is 5.91. The third-order valence-electron chi connectivity index (χ3n) is 5.66. The van der Waals surface area contributed by atoms with Gasteiger partial charge < -0.3 is 14.0 Å². The van der Waals surface area contributed by atoms with Crippen LogP contribution < -0.4 is 5.32 Å². The topological polar surface area (TPSA) is 104 Å². The molecule has 0 fully saturated rings. The Kier molecular flexibility index (Phi) is 7.92. The van der Waals surface area contributed by atoms with Crippen LogP contribution in [0.15, 0.2) is 71.4 Å². The second-order valence-electron chi connectivity index (χ2n) is 8.27. The van der Waals surface area contributed by atoms with E-state index in [2.05, 4.69) is 15.5 Å². The van der Waals surface area contributed by atoms with Gasteiger partial charge in [0, 0.05) is 22.9 Å². The van der Waals surface area contributed by atoms with E-state index in [-0.39, 0.29) is 18.0 Å². The Hall–Kier alpha value is -4.53. The highest BCUT2D eigenvalue weighted by atomic mass is 19.1. The maximum atomic E-state index is 14.0. The lowest BCUT2D eigenvalue weighted by Crippen LogP contribution is -2.17. The fourth-order valence-electron chi connectivity index (χ4n) is 3.75. The zero-order valence-electron chi connectivity index (χ0n) is 20.7. The molecule has 0 spiro atoms. The number of aryl methyl sites for hydroxylation is 1. The average molecular weight is 504 g/mol. The SMILES string of the molecule is CCOC(=O)Cc1ccc(-c2ccc(-c3noc(C)c3NC(=O)OC(C)c3ccccc3F)cn2)cc1. The number of hydrogen-bond donors (Lipinski definition) is 1. The second kappa shape index (κ2) is 11.5. The molecular weight excluding hydrogens is 477 g/mol. The summed E-state index contributed by atoms with van der Waals surface area (Å²) in [6.45, 7) is 5.37. The van der Waals surface area contributed by atoms with Crippen molar-refractivity contribution in [1.82, 2.24) is 10.1 Å². The van der Waals surface area contributed by atoms with Gasteiger partial charge in [-0.3, -0.25) is 15.1 Å². The van der Waals surface area contributed by atoms with Crippen LogP contribution in [0.5, 0.6) is 0 Å². The summed E-state index contributed by atoms with van der Waals surface area (Å²) < 4.78 is 29.6. The summed E-state index contributed by atoms with van der Waals surface area (Å²) in [7, 11) is 0. The lowest BCUT2D eigenvalue weighted by atomic mass is 10.1. The van der Waals surface area contributed by atoms with Gasteiger partial charge in [-0.25, -0.2) is 9.18 Å². The molecule has 4 aromatic rings. The van der Waals surface area contributed by atoms with Gasteiger partial charge in [-0.05, 0) is 44.5 Å². The Morgan fingerprint density at radius 3 is 2.46 bits per heavy atom. The molecule has 0 saturated carbocycles. The van der Waals surface area contributed by atoms with Crippen LogP contribution in [-0.2, 0) is 20.7 Å². The average Bonchev–Trinajstić information content (AvgIpc) is 3.24. The molecule has 37 heavy (non-hydrogen) atoms. The summed E-state index contributed by atoms with van der Waals surface area (Å²) in [5.74, 6) is -0.341. The molecule has 0 aliphatic rings. The van der Waals surface area contributed by atoms with Crippen molar-refractivity contribution in [2.24, 2.45) is 0 Å². The molecule has 0 saturated heterocycles. The van der Waals surface area contributed by atoms with Crippen LogP contribution in [-0.4, -0.2) is 28.8 Å². The monoisotopic (exact) mass is 503 g/mol. The van der Waals surface area contributed by atoms with E-state index in [1.165, 1.54) is 6.07 Å². The van der Waals surface area contributed by atoms with Crippen molar-refractivity contribution < 1.29 is 28.0 Å². The molecule has 8 nitrogen and oxygen atoms in total. The molecule has 2 aromatic carbocycles. The zero-order valence-corrected chi connectivity index (χ0v) is 20.7. The van der Waals surface area contributed by atoms with Crippen molar-refractivity contribution >= 4 is 17.7 Å². The summed E-state index contributed by atoms with van der Waals surface area (Å²) in [5, 5.41) is 6.71. The highest BCUT2D eigenvalue weighted by Crippen LogP contribution is 2.31. The minimum Gasteiger partial charge on any atom is -0.466 e. The lowest BCUT2D eigenvalue weighted by Gasteiger charge is -2.15. The summed E-state index contributed by atoms with van der Waals surface area (Å²) in [4.78, 5) is 28.7. The van der Waals surface area contributed by atoms with Crippen molar-refractivity contribution in [2.45, 2.75) is 33.3 Å². The molecule has 2 heterocycles. The summed E-state index contributed by atoms with van der Waals surface area (Å²) in [5.41, 5.74) is 4.06. The molecule has 1 atom stereocenters. The van der Waals surface area contributed by atoms with Gasteiger partial charge in [-0.15, -0.1) is 0 Å². The van der Waals surface area contributed by atoms with Gasteiger partial charge in [-0.1, -0.05) is 47.6 Å². The van der Waals surface area contributed by atoms with E-state index < -0.39 is 18.0 Å². The number of nitrogens with one attached hydrogen (secondary N) is 1. The first-order chi connectivity index (χ1) is 17.9. The number of halogens is 1. The number of rotatable bonds is 8. The molecule has 4 rings (SSSR count). The highest BCUT2D eigenvalue weighted by Gasteiger charge is 2.21. The number of amides is 1. The third kappa shape index (κ3) is 6.19. The molecule has 0 radical (unpaired) electrons. The number of esters is 1. The van der Waals surface area contributed by atoms with Gasteiger partial charge in [0.05, 0.1) is 18.7 Å². The maximum Gasteiger partial charge on any atom is 0.412 e. The largest absolute Gasteiger partial charge is 0.466 e. The first-order valence-electron chi connectivity index (χ1n) is 11.8. The molecule has 0 aliphatic carbocycles. The minimum atomic E-state index is -0.797. The fraction of sp³-hybridized carbons (Fsp3) is 0.214. The van der Waals surface area contributed by atoms with Gasteiger partial charge in [0.25, 0.3) is 0 Å². The Morgan fingerprint density at radius 2 is 1.78 bits per heavy atom. The minimum absolute atomic E-state index is 0.212. The quantitative estimate of drug-likeness (QED) is 0.283. The van der Waals surface area contributed by atoms with E-state index in [0.717, 1.165) is 16.8 Å².